The average Bonchev–Trinajstić information content (AvgIpc) is 2.21. The van der Waals surface area contributed by atoms with Gasteiger partial charge in [-0.15, -0.1) is 0 Å². The second-order valence-corrected chi connectivity index (χ2v) is 2.39. The summed E-state index contributed by atoms with van der Waals surface area (Å²) in [6, 6.07) is 5.36. The Morgan fingerprint density at radius 1 is 1.38 bits per heavy atom. The lowest BCUT2D eigenvalue weighted by Gasteiger charge is -2.11. The van der Waals surface area contributed by atoms with Crippen LogP contribution in [0.4, 0.5) is 0 Å². The van der Waals surface area contributed by atoms with Crippen LogP contribution < -0.4 is 0 Å². The standard InChI is InChI=1S/C9H10N2O2/c1-12-9(13-2)8-4-3-7(5-10)6-11-8/h3-4,6,9H,1-2H3. The van der Waals surface area contributed by atoms with E-state index in [1.54, 1.807) is 12.1 Å². The van der Waals surface area contributed by atoms with E-state index in [9.17, 15) is 0 Å². The molecule has 0 aromatic carbocycles. The van der Waals surface area contributed by atoms with Gasteiger partial charge in [-0.2, -0.15) is 5.26 Å². The predicted octanol–water partition coefficient (Wildman–Crippen LogP) is 1.24. The maximum absolute atomic E-state index is 8.53. The molecule has 4 heteroatoms. The number of ether oxygens (including phenoxy) is 2. The van der Waals surface area contributed by atoms with Gasteiger partial charge in [0.25, 0.3) is 0 Å². The van der Waals surface area contributed by atoms with Crippen LogP contribution in [0.5, 0.6) is 0 Å². The van der Waals surface area contributed by atoms with Crippen LogP contribution in [0.3, 0.4) is 0 Å². The van der Waals surface area contributed by atoms with E-state index in [2.05, 4.69) is 4.98 Å². The number of pyridine rings is 1. The third kappa shape index (κ3) is 2.25. The van der Waals surface area contributed by atoms with Crippen LogP contribution in [0.15, 0.2) is 18.3 Å². The lowest BCUT2D eigenvalue weighted by molar-refractivity contribution is -0.108. The summed E-state index contributed by atoms with van der Waals surface area (Å²) in [5.74, 6) is 0. The largest absolute Gasteiger partial charge is 0.350 e. The molecule has 1 aromatic rings. The van der Waals surface area contributed by atoms with Crippen molar-refractivity contribution in [1.29, 1.82) is 5.26 Å². The van der Waals surface area contributed by atoms with Crippen molar-refractivity contribution < 1.29 is 9.47 Å². The summed E-state index contributed by atoms with van der Waals surface area (Å²) in [4.78, 5) is 4.02. The number of hydrogen-bond acceptors (Lipinski definition) is 4. The molecule has 0 aliphatic heterocycles. The SMILES string of the molecule is COC(OC)c1ccc(C#N)cn1. The van der Waals surface area contributed by atoms with Gasteiger partial charge in [-0.25, -0.2) is 0 Å². The van der Waals surface area contributed by atoms with Gasteiger partial charge in [0.05, 0.1) is 11.3 Å². The number of aromatic nitrogens is 1. The van der Waals surface area contributed by atoms with E-state index in [4.69, 9.17) is 14.7 Å². The van der Waals surface area contributed by atoms with Crippen molar-refractivity contribution in [3.8, 4) is 6.07 Å². The van der Waals surface area contributed by atoms with Crippen molar-refractivity contribution >= 4 is 0 Å². The fraction of sp³-hybridized carbons (Fsp3) is 0.333. The molecule has 4 nitrogen and oxygen atoms in total. The Morgan fingerprint density at radius 2 is 2.08 bits per heavy atom. The Labute approximate surface area is 76.7 Å². The number of nitriles is 1. The summed E-state index contributed by atoms with van der Waals surface area (Å²) >= 11 is 0. The molecule has 0 saturated carbocycles. The van der Waals surface area contributed by atoms with E-state index in [1.807, 2.05) is 6.07 Å². The molecule has 0 spiro atoms. The van der Waals surface area contributed by atoms with Gasteiger partial charge in [-0.05, 0) is 12.1 Å². The fourth-order valence-electron chi connectivity index (χ4n) is 0.949. The van der Waals surface area contributed by atoms with Crippen molar-refractivity contribution in [2.75, 3.05) is 14.2 Å². The molecule has 0 saturated heterocycles. The van der Waals surface area contributed by atoms with E-state index >= 15 is 0 Å². The van der Waals surface area contributed by atoms with E-state index in [0.717, 1.165) is 0 Å². The van der Waals surface area contributed by atoms with Crippen molar-refractivity contribution in [3.05, 3.63) is 29.6 Å². The molecule has 0 unspecified atom stereocenters. The topological polar surface area (TPSA) is 55.1 Å². The van der Waals surface area contributed by atoms with Gasteiger partial charge in [-0.1, -0.05) is 0 Å². The number of rotatable bonds is 3. The maximum atomic E-state index is 8.53. The Hall–Kier alpha value is -1.44. The quantitative estimate of drug-likeness (QED) is 0.653. The first-order valence-corrected chi connectivity index (χ1v) is 3.73. The minimum Gasteiger partial charge on any atom is -0.350 e. The molecule has 0 aliphatic rings. The first kappa shape index (κ1) is 9.65. The summed E-state index contributed by atoms with van der Waals surface area (Å²) < 4.78 is 9.98. The monoisotopic (exact) mass is 178 g/mol. The average molecular weight is 178 g/mol. The van der Waals surface area contributed by atoms with Crippen molar-refractivity contribution in [2.24, 2.45) is 0 Å². The van der Waals surface area contributed by atoms with Crippen LogP contribution in [0.1, 0.15) is 17.5 Å². The highest BCUT2D eigenvalue weighted by Crippen LogP contribution is 2.14. The van der Waals surface area contributed by atoms with Crippen LogP contribution in [-0.4, -0.2) is 19.2 Å². The Morgan fingerprint density at radius 3 is 2.46 bits per heavy atom. The molecule has 1 aromatic heterocycles. The number of hydrogen-bond donors (Lipinski definition) is 0. The molecular formula is C9H10N2O2. The first-order valence-electron chi connectivity index (χ1n) is 3.73. The summed E-state index contributed by atoms with van der Waals surface area (Å²) in [5, 5.41) is 8.53. The molecule has 1 heterocycles. The van der Waals surface area contributed by atoms with Crippen LogP contribution in [0.2, 0.25) is 0 Å². The first-order chi connectivity index (χ1) is 6.31. The van der Waals surface area contributed by atoms with Crippen LogP contribution in [0.25, 0.3) is 0 Å². The fourth-order valence-corrected chi connectivity index (χ4v) is 0.949. The minimum atomic E-state index is -0.465. The van der Waals surface area contributed by atoms with Crippen LogP contribution in [0, 0.1) is 11.3 Å². The van der Waals surface area contributed by atoms with E-state index in [1.165, 1.54) is 20.4 Å². The van der Waals surface area contributed by atoms with Crippen molar-refractivity contribution in [3.63, 3.8) is 0 Å². The zero-order valence-electron chi connectivity index (χ0n) is 7.52. The highest BCUT2D eigenvalue weighted by molar-refractivity contribution is 5.26. The normalized spacial score (nSPS) is 10.0. The molecular weight excluding hydrogens is 168 g/mol. The zero-order chi connectivity index (χ0) is 9.68. The van der Waals surface area contributed by atoms with Crippen LogP contribution in [-0.2, 0) is 9.47 Å². The summed E-state index contributed by atoms with van der Waals surface area (Å²) in [6.07, 6.45) is 1.02. The van der Waals surface area contributed by atoms with E-state index < -0.39 is 6.29 Å². The van der Waals surface area contributed by atoms with Crippen molar-refractivity contribution in [1.82, 2.24) is 4.98 Å². The summed E-state index contributed by atoms with van der Waals surface area (Å²) in [6.45, 7) is 0. The molecule has 0 amide bonds. The molecule has 0 atom stereocenters. The zero-order valence-corrected chi connectivity index (χ0v) is 7.52. The molecule has 0 N–H and O–H groups in total. The molecule has 68 valence electrons. The Bertz CT molecular complexity index is 298. The summed E-state index contributed by atoms with van der Waals surface area (Å²) in [7, 11) is 3.07. The lowest BCUT2D eigenvalue weighted by Crippen LogP contribution is -2.05. The van der Waals surface area contributed by atoms with E-state index in [0.29, 0.717) is 11.3 Å². The highest BCUT2D eigenvalue weighted by Gasteiger charge is 2.09. The van der Waals surface area contributed by atoms with Crippen molar-refractivity contribution in [2.45, 2.75) is 6.29 Å². The Balaban J connectivity index is 2.85. The Kier molecular flexibility index (Phi) is 3.38. The molecule has 0 aliphatic carbocycles. The third-order valence-electron chi connectivity index (χ3n) is 1.59. The minimum absolute atomic E-state index is 0.465. The van der Waals surface area contributed by atoms with Gasteiger partial charge in [0.2, 0.25) is 6.29 Å². The smallest absolute Gasteiger partial charge is 0.200 e. The third-order valence-corrected chi connectivity index (χ3v) is 1.59. The highest BCUT2D eigenvalue weighted by atomic mass is 16.7. The predicted molar refractivity (Wildman–Crippen MR) is 45.7 cm³/mol. The van der Waals surface area contributed by atoms with Crippen LogP contribution >= 0.6 is 0 Å². The molecule has 13 heavy (non-hydrogen) atoms. The second-order valence-electron chi connectivity index (χ2n) is 2.39. The molecule has 1 rings (SSSR count). The number of nitrogens with zero attached hydrogens (tertiary/aromatic N) is 2. The van der Waals surface area contributed by atoms with Gasteiger partial charge in [0.15, 0.2) is 0 Å². The molecule has 0 radical (unpaired) electrons. The lowest BCUT2D eigenvalue weighted by atomic mass is 10.2. The van der Waals surface area contributed by atoms with E-state index in [-0.39, 0.29) is 0 Å². The number of methoxy groups -OCH3 is 2. The van der Waals surface area contributed by atoms with Gasteiger partial charge in [0.1, 0.15) is 6.07 Å². The van der Waals surface area contributed by atoms with Gasteiger partial charge >= 0.3 is 0 Å². The van der Waals surface area contributed by atoms with Gasteiger partial charge in [0, 0.05) is 20.4 Å². The molecule has 0 bridgehead atoms. The maximum Gasteiger partial charge on any atom is 0.200 e. The second kappa shape index (κ2) is 4.55. The summed E-state index contributed by atoms with van der Waals surface area (Å²) in [5.41, 5.74) is 1.18. The van der Waals surface area contributed by atoms with Gasteiger partial charge in [-0.3, -0.25) is 4.98 Å². The van der Waals surface area contributed by atoms with Gasteiger partial charge < -0.3 is 9.47 Å². The molecule has 0 fully saturated rings.